The third kappa shape index (κ3) is 1.67. The van der Waals surface area contributed by atoms with Crippen LogP contribution in [0.15, 0.2) is 21.7 Å². The van der Waals surface area contributed by atoms with Crippen LogP contribution >= 0.6 is 31.9 Å². The molecule has 1 aromatic rings. The molecule has 1 aromatic heterocycles. The molecule has 3 fully saturated rings. The Bertz CT molecular complexity index is 948. The highest BCUT2D eigenvalue weighted by Gasteiger charge is 2.64. The van der Waals surface area contributed by atoms with Crippen LogP contribution in [0, 0.1) is 28.6 Å². The van der Waals surface area contributed by atoms with Gasteiger partial charge in [0, 0.05) is 27.5 Å². The number of hydrogen-bond donors (Lipinski definition) is 0. The molecule has 27 heavy (non-hydrogen) atoms. The zero-order valence-corrected chi connectivity index (χ0v) is 19.0. The van der Waals surface area contributed by atoms with Crippen molar-refractivity contribution >= 4 is 31.9 Å². The normalized spacial score (nSPS) is 50.6. The smallest absolute Gasteiger partial charge is 0.246 e. The van der Waals surface area contributed by atoms with Gasteiger partial charge in [-0.05, 0) is 36.0 Å². The largest absolute Gasteiger partial charge is 0.348 e. The van der Waals surface area contributed by atoms with E-state index in [-0.39, 0.29) is 40.3 Å². The van der Waals surface area contributed by atoms with Gasteiger partial charge in [-0.25, -0.2) is 23.5 Å². The molecule has 0 aromatic carbocycles. The highest BCUT2D eigenvalue weighted by molar-refractivity contribution is 9.12. The molecule has 7 rings (SSSR count). The molecule has 5 nitrogen and oxygen atoms in total. The maximum atomic E-state index is 13.5. The molecule has 0 radical (unpaired) electrons. The lowest BCUT2D eigenvalue weighted by Gasteiger charge is -2.58. The molecule has 3 heterocycles. The van der Waals surface area contributed by atoms with Gasteiger partial charge in [0.1, 0.15) is 0 Å². The number of aromatic nitrogens is 3. The van der Waals surface area contributed by atoms with E-state index in [1.807, 2.05) is 0 Å². The zero-order chi connectivity index (χ0) is 19.0. The van der Waals surface area contributed by atoms with Gasteiger partial charge in [0.05, 0.1) is 12.1 Å². The van der Waals surface area contributed by atoms with Crippen LogP contribution in [0.25, 0.3) is 0 Å². The van der Waals surface area contributed by atoms with Crippen molar-refractivity contribution in [2.45, 2.75) is 67.8 Å². The van der Waals surface area contributed by atoms with Gasteiger partial charge in [-0.1, -0.05) is 64.8 Å². The number of fused-ring (bicyclic) bond motifs is 2. The lowest BCUT2D eigenvalue weighted by atomic mass is 9.62. The van der Waals surface area contributed by atoms with Crippen molar-refractivity contribution < 1.29 is 0 Å². The molecule has 0 saturated heterocycles. The summed E-state index contributed by atoms with van der Waals surface area (Å²) < 4.78 is 5.21. The molecule has 146 valence electrons. The van der Waals surface area contributed by atoms with Gasteiger partial charge in [-0.3, -0.25) is 0 Å². The quantitative estimate of drug-likeness (QED) is 0.438. The predicted molar refractivity (Wildman–Crippen MR) is 111 cm³/mol. The molecular formula is C20H25Br2N3O2. The van der Waals surface area contributed by atoms with E-state index < -0.39 is 0 Å². The summed E-state index contributed by atoms with van der Waals surface area (Å²) in [6.45, 7) is 6.97. The Hall–Kier alpha value is -0.560. The van der Waals surface area contributed by atoms with Crippen molar-refractivity contribution in [1.82, 2.24) is 13.9 Å². The standard InChI is InChI=1S/C20H25Br2N3O2/c1-19(2)9-6-7-20(19,3)12(8-9)23-17(26)24-10-4-5-11(25(24)18(23)27)14-13(10)15(21)16(14)22/h4-5,9-16H,6-8H2,1-3H3/t9-,10-,11-,12-,13-,14-,15-,16+,20+/m1/s1. The minimum atomic E-state index is -0.0925. The molecule has 0 spiro atoms. The third-order valence-electron chi connectivity index (χ3n) is 9.44. The second-order valence-corrected chi connectivity index (χ2v) is 12.3. The van der Waals surface area contributed by atoms with Gasteiger partial charge in [0.15, 0.2) is 0 Å². The fourth-order valence-electron chi connectivity index (χ4n) is 7.36. The summed E-state index contributed by atoms with van der Waals surface area (Å²) >= 11 is 7.59. The average Bonchev–Trinajstić information content (AvgIpc) is 3.13. The van der Waals surface area contributed by atoms with Gasteiger partial charge < -0.3 is 0 Å². The van der Waals surface area contributed by atoms with E-state index in [0.29, 0.717) is 27.4 Å². The van der Waals surface area contributed by atoms with Crippen LogP contribution in [0.5, 0.6) is 0 Å². The Morgan fingerprint density at radius 3 is 1.89 bits per heavy atom. The first-order valence-corrected chi connectivity index (χ1v) is 12.0. The predicted octanol–water partition coefficient (Wildman–Crippen LogP) is 3.64. The van der Waals surface area contributed by atoms with E-state index >= 15 is 0 Å². The van der Waals surface area contributed by atoms with E-state index in [9.17, 15) is 9.59 Å². The molecule has 4 bridgehead atoms. The van der Waals surface area contributed by atoms with E-state index in [2.05, 4.69) is 64.8 Å². The number of hydrogen-bond acceptors (Lipinski definition) is 2. The SMILES string of the molecule is CC1(C)[C@@H]2CC[C@@]1(C)[C@H](n1c(=O)n3n(c1=O)[C@@H]1C=C[C@@H]3[C@H]3[C@H](Br)[C@H](Br)[C@@H]31)C2. The Labute approximate surface area is 175 Å². The van der Waals surface area contributed by atoms with Crippen LogP contribution in [0.2, 0.25) is 0 Å². The van der Waals surface area contributed by atoms with E-state index in [1.165, 1.54) is 6.42 Å². The Balaban J connectivity index is 1.54. The highest BCUT2D eigenvalue weighted by Crippen LogP contribution is 2.69. The monoisotopic (exact) mass is 497 g/mol. The van der Waals surface area contributed by atoms with E-state index in [4.69, 9.17) is 0 Å². The number of nitrogens with zero attached hydrogens (tertiary/aromatic N) is 3. The summed E-state index contributed by atoms with van der Waals surface area (Å²) in [4.78, 5) is 27.8. The van der Waals surface area contributed by atoms with Crippen LogP contribution < -0.4 is 11.4 Å². The minimum Gasteiger partial charge on any atom is -0.246 e. The fourth-order valence-corrected chi connectivity index (χ4v) is 9.39. The second-order valence-electron chi connectivity index (χ2n) is 10.2. The molecule has 7 heteroatoms. The van der Waals surface area contributed by atoms with Gasteiger partial charge >= 0.3 is 11.4 Å². The first-order chi connectivity index (χ1) is 12.7. The molecule has 3 saturated carbocycles. The summed E-state index contributed by atoms with van der Waals surface area (Å²) in [5, 5.41) is 0. The molecule has 2 aliphatic heterocycles. The van der Waals surface area contributed by atoms with Crippen molar-refractivity contribution in [3.05, 3.63) is 33.1 Å². The number of allylic oxidation sites excluding steroid dienone is 2. The Morgan fingerprint density at radius 2 is 1.48 bits per heavy atom. The topological polar surface area (TPSA) is 48.9 Å². The first-order valence-electron chi connectivity index (χ1n) is 10.1. The van der Waals surface area contributed by atoms with E-state index in [1.54, 1.807) is 13.9 Å². The summed E-state index contributed by atoms with van der Waals surface area (Å²) in [6, 6.07) is -0.00787. The Morgan fingerprint density at radius 1 is 0.963 bits per heavy atom. The van der Waals surface area contributed by atoms with Crippen LogP contribution in [0.1, 0.15) is 58.2 Å². The fraction of sp³-hybridized carbons (Fsp3) is 0.800. The molecule has 0 unspecified atom stereocenters. The molecular weight excluding hydrogens is 474 g/mol. The summed E-state index contributed by atoms with van der Waals surface area (Å²) in [7, 11) is 0. The summed E-state index contributed by atoms with van der Waals surface area (Å²) in [5.41, 5.74) is 0.00440. The number of halogens is 2. The van der Waals surface area contributed by atoms with Crippen LogP contribution in [0.4, 0.5) is 0 Å². The maximum absolute atomic E-state index is 13.5. The number of alkyl halides is 2. The Kier molecular flexibility index (Phi) is 3.17. The van der Waals surface area contributed by atoms with Crippen molar-refractivity contribution in [1.29, 1.82) is 0 Å². The summed E-state index contributed by atoms with van der Waals surface area (Å²) in [5.74, 6) is 1.36. The van der Waals surface area contributed by atoms with Crippen LogP contribution in [-0.2, 0) is 0 Å². The first kappa shape index (κ1) is 17.3. The van der Waals surface area contributed by atoms with Crippen molar-refractivity contribution in [2.24, 2.45) is 28.6 Å². The molecule has 4 aliphatic carbocycles. The second kappa shape index (κ2) is 4.94. The lowest BCUT2D eigenvalue weighted by Crippen LogP contribution is -2.63. The third-order valence-corrected chi connectivity index (χ3v) is 12.5. The average molecular weight is 499 g/mol. The van der Waals surface area contributed by atoms with Gasteiger partial charge in [0.2, 0.25) is 0 Å². The van der Waals surface area contributed by atoms with Gasteiger partial charge in [-0.15, -0.1) is 0 Å². The lowest BCUT2D eigenvalue weighted by molar-refractivity contribution is 0.0346. The highest BCUT2D eigenvalue weighted by atomic mass is 79.9. The molecule has 0 N–H and O–H groups in total. The van der Waals surface area contributed by atoms with Gasteiger partial charge in [0.25, 0.3) is 0 Å². The minimum absolute atomic E-state index is 0.0140. The van der Waals surface area contributed by atoms with Crippen LogP contribution in [0.3, 0.4) is 0 Å². The zero-order valence-electron chi connectivity index (χ0n) is 15.8. The molecule has 0 amide bonds. The van der Waals surface area contributed by atoms with Gasteiger partial charge in [-0.2, -0.15) is 0 Å². The van der Waals surface area contributed by atoms with Crippen molar-refractivity contribution in [3.63, 3.8) is 0 Å². The van der Waals surface area contributed by atoms with Crippen LogP contribution in [-0.4, -0.2) is 23.6 Å². The molecule has 6 aliphatic rings. The van der Waals surface area contributed by atoms with Crippen molar-refractivity contribution in [3.8, 4) is 0 Å². The van der Waals surface area contributed by atoms with Crippen molar-refractivity contribution in [2.75, 3.05) is 0 Å². The maximum Gasteiger partial charge on any atom is 0.348 e. The summed E-state index contributed by atoms with van der Waals surface area (Å²) in [6.07, 6.45) is 7.58. The number of rotatable bonds is 1. The van der Waals surface area contributed by atoms with E-state index in [0.717, 1.165) is 12.8 Å². The molecule has 9 atom stereocenters.